The zero-order chi connectivity index (χ0) is 22.1. The van der Waals surface area contributed by atoms with Gasteiger partial charge >= 0.3 is 0 Å². The fraction of sp³-hybridized carbons (Fsp3) is 0.480. The summed E-state index contributed by atoms with van der Waals surface area (Å²) in [5, 5.41) is 1.26. The van der Waals surface area contributed by atoms with Gasteiger partial charge in [-0.25, -0.2) is 4.39 Å². The summed E-state index contributed by atoms with van der Waals surface area (Å²) in [5.41, 5.74) is 2.20. The number of hydrogen-bond donors (Lipinski definition) is 1. The van der Waals surface area contributed by atoms with Gasteiger partial charge in [-0.05, 0) is 86.2 Å². The first kappa shape index (κ1) is 22.1. The van der Waals surface area contributed by atoms with Gasteiger partial charge in [-0.1, -0.05) is 29.8 Å². The van der Waals surface area contributed by atoms with Crippen LogP contribution in [0.2, 0.25) is 5.02 Å². The molecule has 1 heterocycles. The summed E-state index contributed by atoms with van der Waals surface area (Å²) in [6.07, 6.45) is 6.30. The van der Waals surface area contributed by atoms with Crippen LogP contribution in [0.15, 0.2) is 36.4 Å². The first-order chi connectivity index (χ1) is 15.6. The molecule has 1 amide bonds. The molecule has 4 nitrogen and oxygen atoms in total. The number of piperidine rings is 1. The van der Waals surface area contributed by atoms with Gasteiger partial charge in [-0.2, -0.15) is 0 Å². The number of amides is 1. The van der Waals surface area contributed by atoms with Gasteiger partial charge in [0.1, 0.15) is 17.7 Å². The van der Waals surface area contributed by atoms with Crippen LogP contribution in [0.3, 0.4) is 0 Å². The molecule has 0 aromatic heterocycles. The van der Waals surface area contributed by atoms with E-state index in [1.807, 2.05) is 18.2 Å². The van der Waals surface area contributed by atoms with Crippen LogP contribution in [0, 0.1) is 5.82 Å². The van der Waals surface area contributed by atoms with Crippen molar-refractivity contribution in [2.24, 2.45) is 0 Å². The maximum absolute atomic E-state index is 14.9. The van der Waals surface area contributed by atoms with Crippen LogP contribution in [-0.4, -0.2) is 35.3 Å². The molecule has 1 atom stereocenters. The van der Waals surface area contributed by atoms with E-state index < -0.39 is 5.82 Å². The van der Waals surface area contributed by atoms with Crippen molar-refractivity contribution in [1.82, 2.24) is 9.62 Å². The lowest BCUT2D eigenvalue weighted by atomic mass is 10.0. The molecule has 1 saturated heterocycles. The van der Waals surface area contributed by atoms with Crippen LogP contribution in [0.5, 0.6) is 5.75 Å². The van der Waals surface area contributed by atoms with E-state index in [9.17, 15) is 9.18 Å². The van der Waals surface area contributed by atoms with Crippen LogP contribution in [-0.2, 0) is 6.54 Å². The molecule has 2 aliphatic carbocycles. The molecule has 2 aromatic carbocycles. The molecule has 2 saturated carbocycles. The first-order valence-electron chi connectivity index (χ1n) is 11.5. The van der Waals surface area contributed by atoms with Gasteiger partial charge in [0.25, 0.3) is 5.91 Å². The van der Waals surface area contributed by atoms with Crippen molar-refractivity contribution in [3.8, 4) is 5.75 Å². The van der Waals surface area contributed by atoms with Gasteiger partial charge in [-0.15, -0.1) is 0 Å². The lowest BCUT2D eigenvalue weighted by molar-refractivity contribution is 0.0832. The van der Waals surface area contributed by atoms with Crippen molar-refractivity contribution in [1.29, 1.82) is 0 Å². The Morgan fingerprint density at radius 1 is 1.19 bits per heavy atom. The van der Waals surface area contributed by atoms with E-state index in [1.165, 1.54) is 18.0 Å². The third-order valence-electron chi connectivity index (χ3n) is 6.31. The quantitative estimate of drug-likeness (QED) is 0.481. The van der Waals surface area contributed by atoms with Gasteiger partial charge in [0.15, 0.2) is 0 Å². The second-order valence-electron chi connectivity index (χ2n) is 9.10. The maximum Gasteiger partial charge on any atom is 0.264 e. The monoisotopic (exact) mass is 474 g/mol. The Morgan fingerprint density at radius 3 is 2.75 bits per heavy atom. The average molecular weight is 475 g/mol. The molecule has 3 aliphatic rings. The molecule has 1 aliphatic heterocycles. The van der Waals surface area contributed by atoms with Crippen molar-refractivity contribution in [2.45, 2.75) is 62.3 Å². The van der Waals surface area contributed by atoms with Gasteiger partial charge < -0.3 is 4.74 Å². The minimum absolute atomic E-state index is 0.00626. The van der Waals surface area contributed by atoms with E-state index in [2.05, 4.69) is 15.7 Å². The smallest absolute Gasteiger partial charge is 0.264 e. The Balaban J connectivity index is 1.28. The summed E-state index contributed by atoms with van der Waals surface area (Å²) in [5.74, 6) is 0.0931. The van der Waals surface area contributed by atoms with Crippen molar-refractivity contribution >= 4 is 29.5 Å². The predicted octanol–water partition coefficient (Wildman–Crippen LogP) is 5.94. The normalized spacial score (nSPS) is 21.4. The molecule has 0 bridgehead atoms. The Bertz CT molecular complexity index is 996. The summed E-state index contributed by atoms with van der Waals surface area (Å²) in [6.45, 7) is 2.55. The minimum Gasteiger partial charge on any atom is -0.489 e. The summed E-state index contributed by atoms with van der Waals surface area (Å²) < 4.78 is 24.1. The van der Waals surface area contributed by atoms with Crippen molar-refractivity contribution in [3.63, 3.8) is 0 Å². The number of carbonyl (C=O) groups excluding carboxylic acids is 1. The second-order valence-corrected chi connectivity index (χ2v) is 10.6. The van der Waals surface area contributed by atoms with Crippen LogP contribution in [0.25, 0.3) is 0 Å². The van der Waals surface area contributed by atoms with Gasteiger partial charge in [0.2, 0.25) is 0 Å². The average Bonchev–Trinajstić information content (AvgIpc) is 3.68. The molecule has 0 unspecified atom stereocenters. The first-order valence-corrected chi connectivity index (χ1v) is 12.7. The van der Waals surface area contributed by atoms with Gasteiger partial charge in [0, 0.05) is 29.4 Å². The fourth-order valence-corrected chi connectivity index (χ4v) is 5.19. The molecule has 0 spiro atoms. The summed E-state index contributed by atoms with van der Waals surface area (Å²) in [4.78, 5) is 14.9. The number of carbonyl (C=O) groups is 1. The van der Waals surface area contributed by atoms with E-state index in [0.29, 0.717) is 16.9 Å². The zero-order valence-corrected chi connectivity index (χ0v) is 19.6. The predicted molar refractivity (Wildman–Crippen MR) is 127 cm³/mol. The van der Waals surface area contributed by atoms with Crippen LogP contribution < -0.4 is 9.46 Å². The molecule has 32 heavy (non-hydrogen) atoms. The third kappa shape index (κ3) is 5.41. The number of benzene rings is 2. The highest BCUT2D eigenvalue weighted by Crippen LogP contribution is 2.45. The molecule has 5 rings (SSSR count). The lowest BCUT2D eigenvalue weighted by Crippen LogP contribution is -2.40. The third-order valence-corrected chi connectivity index (χ3v) is 7.79. The van der Waals surface area contributed by atoms with Crippen LogP contribution in [0.4, 0.5) is 4.39 Å². The Hall–Kier alpha value is -1.76. The standard InChI is InChI=1S/C25H28ClFN2O2S/c26-22-6-2-1-4-17(22)14-29-11-3-5-18(15-29)31-24-13-23(27)21(12-20(24)16-7-8-16)25(30)28-32-19-9-10-19/h1-2,4,6,12-13,16,18-19H,3,5,7-11,14-15H2,(H,28,30)/t18-/m1/s1. The molecule has 1 N–H and O–H groups in total. The number of nitrogens with one attached hydrogen (secondary N) is 1. The van der Waals surface area contributed by atoms with E-state index >= 15 is 0 Å². The topological polar surface area (TPSA) is 41.6 Å². The van der Waals surface area contributed by atoms with Crippen molar-refractivity contribution in [3.05, 3.63) is 63.9 Å². The van der Waals surface area contributed by atoms with Crippen molar-refractivity contribution in [2.75, 3.05) is 13.1 Å². The Labute approximate surface area is 198 Å². The van der Waals surface area contributed by atoms with Crippen LogP contribution >= 0.6 is 23.5 Å². The second kappa shape index (κ2) is 9.62. The zero-order valence-electron chi connectivity index (χ0n) is 18.0. The number of ether oxygens (including phenoxy) is 1. The molecule has 0 radical (unpaired) electrons. The maximum atomic E-state index is 14.9. The molecule has 170 valence electrons. The number of nitrogens with zero attached hydrogens (tertiary/aromatic N) is 1. The summed E-state index contributed by atoms with van der Waals surface area (Å²) in [6, 6.07) is 11.1. The number of halogens is 2. The lowest BCUT2D eigenvalue weighted by Gasteiger charge is -2.33. The SMILES string of the molecule is O=C(NSC1CC1)c1cc(C2CC2)c(O[C@@H]2CCCN(Cc3ccccc3Cl)C2)cc1F. The summed E-state index contributed by atoms with van der Waals surface area (Å²) in [7, 11) is 0. The highest BCUT2D eigenvalue weighted by atomic mass is 35.5. The van der Waals surface area contributed by atoms with Gasteiger partial charge in [0.05, 0.1) is 5.56 Å². The number of likely N-dealkylation sites (tertiary alicyclic amines) is 1. The Kier molecular flexibility index (Phi) is 6.63. The molecule has 7 heteroatoms. The molecular formula is C25H28ClFN2O2S. The fourth-order valence-electron chi connectivity index (χ4n) is 4.24. The molecular weight excluding hydrogens is 447 g/mol. The van der Waals surface area contributed by atoms with Crippen LogP contribution in [0.1, 0.15) is 65.9 Å². The Morgan fingerprint density at radius 2 is 2.00 bits per heavy atom. The van der Waals surface area contributed by atoms with E-state index in [1.54, 1.807) is 6.07 Å². The highest BCUT2D eigenvalue weighted by Gasteiger charge is 2.32. The van der Waals surface area contributed by atoms with E-state index in [4.69, 9.17) is 16.3 Å². The van der Waals surface area contributed by atoms with E-state index in [0.717, 1.165) is 74.3 Å². The van der Waals surface area contributed by atoms with Crippen molar-refractivity contribution < 1.29 is 13.9 Å². The minimum atomic E-state index is -0.512. The van der Waals surface area contributed by atoms with Gasteiger partial charge in [-0.3, -0.25) is 14.4 Å². The molecule has 2 aromatic rings. The molecule has 3 fully saturated rings. The highest BCUT2D eigenvalue weighted by molar-refractivity contribution is 7.98. The number of hydrogen-bond acceptors (Lipinski definition) is 4. The van der Waals surface area contributed by atoms with E-state index in [-0.39, 0.29) is 17.6 Å². The number of rotatable bonds is 8. The largest absolute Gasteiger partial charge is 0.489 e. The summed E-state index contributed by atoms with van der Waals surface area (Å²) >= 11 is 7.75.